The van der Waals surface area contributed by atoms with Gasteiger partial charge in [-0.1, -0.05) is 35.6 Å². The number of amides is 2. The van der Waals surface area contributed by atoms with Crippen LogP contribution in [0.5, 0.6) is 0 Å². The summed E-state index contributed by atoms with van der Waals surface area (Å²) in [6.45, 7) is 2.93. The van der Waals surface area contributed by atoms with Crippen molar-refractivity contribution in [2.75, 3.05) is 11.9 Å². The number of nitrogens with one attached hydrogen (secondary N) is 1. The zero-order valence-corrected chi connectivity index (χ0v) is 18.2. The molecule has 0 atom stereocenters. The Morgan fingerprint density at radius 1 is 1.09 bits per heavy atom. The summed E-state index contributed by atoms with van der Waals surface area (Å²) >= 11 is 1.41. The number of carbonyl (C=O) groups excluding carboxylic acids is 2. The third-order valence-corrected chi connectivity index (χ3v) is 6.38. The molecule has 0 saturated carbocycles. The van der Waals surface area contributed by atoms with Gasteiger partial charge in [0.2, 0.25) is 0 Å². The number of thiazole rings is 1. The molecule has 0 radical (unpaired) electrons. The Bertz CT molecular complexity index is 1280. The number of nitrogens with zero attached hydrogens (tertiary/aromatic N) is 5. The molecule has 5 rings (SSSR count). The zero-order chi connectivity index (χ0) is 22.1. The van der Waals surface area contributed by atoms with Crippen LogP contribution in [0.3, 0.4) is 0 Å². The largest absolute Gasteiger partial charge is 0.333 e. The highest BCUT2D eigenvalue weighted by Crippen LogP contribution is 2.29. The smallest absolute Gasteiger partial charge is 0.260 e. The first-order chi connectivity index (χ1) is 15.6. The molecule has 1 aromatic carbocycles. The van der Waals surface area contributed by atoms with E-state index in [1.165, 1.54) is 17.5 Å². The van der Waals surface area contributed by atoms with Crippen molar-refractivity contribution in [2.45, 2.75) is 19.9 Å². The lowest BCUT2D eigenvalue weighted by Gasteiger charge is -2.26. The average molecular weight is 445 g/mol. The van der Waals surface area contributed by atoms with Crippen molar-refractivity contribution in [1.82, 2.24) is 24.6 Å². The van der Waals surface area contributed by atoms with Crippen LogP contribution in [-0.2, 0) is 13.0 Å². The predicted molar refractivity (Wildman–Crippen MR) is 121 cm³/mol. The van der Waals surface area contributed by atoms with Crippen molar-refractivity contribution in [2.24, 2.45) is 0 Å². The summed E-state index contributed by atoms with van der Waals surface area (Å²) in [6.07, 6.45) is 3.88. The van der Waals surface area contributed by atoms with Crippen molar-refractivity contribution in [3.05, 3.63) is 88.3 Å². The molecule has 0 saturated heterocycles. The van der Waals surface area contributed by atoms with Gasteiger partial charge in [0, 0.05) is 29.6 Å². The first-order valence-corrected chi connectivity index (χ1v) is 11.0. The standard InChI is InChI=1S/C23H20N6O2S/c1-15-17(13-25-29(15)20-9-5-6-11-24-20)21(30)27-23-26-18-10-12-28(14-19(18)32-23)22(31)16-7-3-2-4-8-16/h2-9,11,13H,10,12,14H2,1H3,(H,26,27,30). The van der Waals surface area contributed by atoms with Gasteiger partial charge in [-0.2, -0.15) is 5.10 Å². The monoisotopic (exact) mass is 444 g/mol. The van der Waals surface area contributed by atoms with Gasteiger partial charge < -0.3 is 4.90 Å². The van der Waals surface area contributed by atoms with Gasteiger partial charge in [0.15, 0.2) is 10.9 Å². The molecule has 0 unspecified atom stereocenters. The first-order valence-electron chi connectivity index (χ1n) is 10.2. The van der Waals surface area contributed by atoms with Gasteiger partial charge in [0.25, 0.3) is 11.8 Å². The third kappa shape index (κ3) is 3.78. The average Bonchev–Trinajstić information content (AvgIpc) is 3.41. The Hall–Kier alpha value is -3.85. The highest BCUT2D eigenvalue weighted by Gasteiger charge is 2.26. The van der Waals surface area contributed by atoms with Crippen LogP contribution in [0.1, 0.15) is 37.0 Å². The lowest BCUT2D eigenvalue weighted by Crippen LogP contribution is -2.35. The minimum Gasteiger partial charge on any atom is -0.333 e. The minimum atomic E-state index is -0.270. The van der Waals surface area contributed by atoms with E-state index in [0.717, 1.165) is 10.6 Å². The molecule has 3 aromatic heterocycles. The maximum Gasteiger partial charge on any atom is 0.260 e. The number of benzene rings is 1. The SMILES string of the molecule is Cc1c(C(=O)Nc2nc3c(s2)CN(C(=O)c2ccccc2)CC3)cnn1-c1ccccn1. The Labute approximate surface area is 188 Å². The third-order valence-electron chi connectivity index (χ3n) is 5.38. The van der Waals surface area contributed by atoms with Gasteiger partial charge in [0.1, 0.15) is 0 Å². The van der Waals surface area contributed by atoms with E-state index >= 15 is 0 Å². The molecule has 4 aromatic rings. The van der Waals surface area contributed by atoms with Gasteiger partial charge in [0.05, 0.1) is 29.7 Å². The molecule has 2 amide bonds. The molecule has 0 spiro atoms. The molecular weight excluding hydrogens is 424 g/mol. The minimum absolute atomic E-state index is 0.00722. The van der Waals surface area contributed by atoms with Crippen LogP contribution < -0.4 is 5.32 Å². The number of fused-ring (bicyclic) bond motifs is 1. The predicted octanol–water partition coefficient (Wildman–Crippen LogP) is 3.48. The Morgan fingerprint density at radius 3 is 2.69 bits per heavy atom. The second kappa shape index (κ2) is 8.35. The molecule has 0 aliphatic carbocycles. The number of rotatable bonds is 4. The lowest BCUT2D eigenvalue weighted by molar-refractivity contribution is 0.0736. The van der Waals surface area contributed by atoms with Gasteiger partial charge in [-0.05, 0) is 31.2 Å². The quantitative estimate of drug-likeness (QED) is 0.520. The number of hydrogen-bond acceptors (Lipinski definition) is 6. The fourth-order valence-electron chi connectivity index (χ4n) is 3.69. The van der Waals surface area contributed by atoms with E-state index in [0.29, 0.717) is 47.3 Å². The molecule has 1 N–H and O–H groups in total. The summed E-state index contributed by atoms with van der Waals surface area (Å²) in [4.78, 5) is 37.3. The lowest BCUT2D eigenvalue weighted by atomic mass is 10.1. The van der Waals surface area contributed by atoms with Crippen molar-refractivity contribution < 1.29 is 9.59 Å². The summed E-state index contributed by atoms with van der Waals surface area (Å²) in [6, 6.07) is 14.8. The molecule has 9 heteroatoms. The van der Waals surface area contributed by atoms with E-state index in [1.807, 2.05) is 60.4 Å². The van der Waals surface area contributed by atoms with Crippen LogP contribution in [0.2, 0.25) is 0 Å². The summed E-state index contributed by atoms with van der Waals surface area (Å²) < 4.78 is 1.63. The second-order valence-corrected chi connectivity index (χ2v) is 8.51. The molecule has 0 fully saturated rings. The topological polar surface area (TPSA) is 93.0 Å². The van der Waals surface area contributed by atoms with Gasteiger partial charge >= 0.3 is 0 Å². The highest BCUT2D eigenvalue weighted by molar-refractivity contribution is 7.15. The van der Waals surface area contributed by atoms with Crippen LogP contribution in [-0.4, -0.2) is 43.0 Å². The Morgan fingerprint density at radius 2 is 1.91 bits per heavy atom. The van der Waals surface area contributed by atoms with Crippen LogP contribution in [0.15, 0.2) is 60.9 Å². The van der Waals surface area contributed by atoms with E-state index in [2.05, 4.69) is 20.4 Å². The number of aromatic nitrogens is 4. The number of hydrogen-bond donors (Lipinski definition) is 1. The van der Waals surface area contributed by atoms with Gasteiger partial charge in [-0.15, -0.1) is 0 Å². The van der Waals surface area contributed by atoms with Crippen molar-refractivity contribution in [1.29, 1.82) is 0 Å². The Kier molecular flexibility index (Phi) is 5.24. The van der Waals surface area contributed by atoms with Crippen molar-refractivity contribution in [3.63, 3.8) is 0 Å². The summed E-state index contributed by atoms with van der Waals surface area (Å²) in [7, 11) is 0. The van der Waals surface area contributed by atoms with E-state index in [9.17, 15) is 9.59 Å². The highest BCUT2D eigenvalue weighted by atomic mass is 32.1. The van der Waals surface area contributed by atoms with Gasteiger partial charge in [-0.3, -0.25) is 14.9 Å². The molecular formula is C23H20N6O2S. The Balaban J connectivity index is 1.30. The number of anilines is 1. The first kappa shape index (κ1) is 20.1. The summed E-state index contributed by atoms with van der Waals surface area (Å²) in [5.74, 6) is 0.387. The molecule has 1 aliphatic rings. The number of carbonyl (C=O) groups is 2. The summed E-state index contributed by atoms with van der Waals surface area (Å²) in [5.41, 5.74) is 2.77. The molecule has 160 valence electrons. The normalized spacial score (nSPS) is 13.0. The molecule has 32 heavy (non-hydrogen) atoms. The van der Waals surface area contributed by atoms with Crippen LogP contribution in [0.4, 0.5) is 5.13 Å². The molecule has 8 nitrogen and oxygen atoms in total. The van der Waals surface area contributed by atoms with Crippen molar-refractivity contribution in [3.8, 4) is 5.82 Å². The van der Waals surface area contributed by atoms with E-state index in [4.69, 9.17) is 0 Å². The molecule has 0 bridgehead atoms. The zero-order valence-electron chi connectivity index (χ0n) is 17.4. The van der Waals surface area contributed by atoms with Crippen molar-refractivity contribution >= 4 is 28.3 Å². The molecule has 4 heterocycles. The fraction of sp³-hybridized carbons (Fsp3) is 0.174. The van der Waals surface area contributed by atoms with E-state index < -0.39 is 0 Å². The number of pyridine rings is 1. The van der Waals surface area contributed by atoms with E-state index in [-0.39, 0.29) is 11.8 Å². The summed E-state index contributed by atoms with van der Waals surface area (Å²) in [5, 5.41) is 7.72. The maximum absolute atomic E-state index is 12.9. The maximum atomic E-state index is 12.9. The second-order valence-electron chi connectivity index (χ2n) is 7.43. The molecule has 1 aliphatic heterocycles. The van der Waals surface area contributed by atoms with Crippen LogP contribution in [0, 0.1) is 6.92 Å². The van der Waals surface area contributed by atoms with Crippen LogP contribution >= 0.6 is 11.3 Å². The fourth-order valence-corrected chi connectivity index (χ4v) is 4.71. The van der Waals surface area contributed by atoms with Gasteiger partial charge in [-0.25, -0.2) is 14.6 Å². The van der Waals surface area contributed by atoms with E-state index in [1.54, 1.807) is 10.9 Å². The van der Waals surface area contributed by atoms with Crippen LogP contribution in [0.25, 0.3) is 5.82 Å².